The summed E-state index contributed by atoms with van der Waals surface area (Å²) < 4.78 is 25.2. The Balaban J connectivity index is 2.90. The summed E-state index contributed by atoms with van der Waals surface area (Å²) in [5, 5.41) is 15.8. The van der Waals surface area contributed by atoms with Crippen LogP contribution in [0.5, 0.6) is 0 Å². The van der Waals surface area contributed by atoms with Crippen molar-refractivity contribution in [3.63, 3.8) is 0 Å². The number of sulfone groups is 1. The summed E-state index contributed by atoms with van der Waals surface area (Å²) >= 11 is 0. The molecule has 6 heteroatoms. The normalized spacial score (nSPS) is 10.1. The highest BCUT2D eigenvalue weighted by molar-refractivity contribution is 7.90. The van der Waals surface area contributed by atoms with Crippen molar-refractivity contribution in [3.8, 4) is 18.4 Å². The van der Waals surface area contributed by atoms with E-state index in [2.05, 4.69) is 5.92 Å². The van der Waals surface area contributed by atoms with E-state index in [1.165, 1.54) is 10.8 Å². The number of allylic oxidation sites excluding steroid dienone is 1. The molecule has 0 bridgehead atoms. The van der Waals surface area contributed by atoms with Gasteiger partial charge in [-0.1, -0.05) is 0 Å². The minimum Gasteiger partial charge on any atom is -0.252 e. The maximum Gasteiger partial charge on any atom is 0.351 e. The van der Waals surface area contributed by atoms with Crippen LogP contribution in [-0.4, -0.2) is 20.0 Å². The predicted octanol–water partition coefficient (Wildman–Crippen LogP) is 0.915. The third kappa shape index (κ3) is 4.70. The van der Waals surface area contributed by atoms with Gasteiger partial charge in [0.15, 0.2) is 28.3 Å². The number of terminal acetylenes is 1. The van der Waals surface area contributed by atoms with E-state index in [9.17, 15) is 8.42 Å². The zero-order valence-electron chi connectivity index (χ0n) is 10.8. The van der Waals surface area contributed by atoms with Gasteiger partial charge in [0.05, 0.1) is 17.4 Å². The van der Waals surface area contributed by atoms with Crippen LogP contribution in [-0.2, 0) is 15.6 Å². The summed E-state index contributed by atoms with van der Waals surface area (Å²) in [5.74, 6) is 4.33. The summed E-state index contributed by atoms with van der Waals surface area (Å²) in [6.07, 6.45) is 9.04. The molecule has 0 aliphatic rings. The summed E-state index contributed by atoms with van der Waals surface area (Å²) in [7, 11) is -3.23. The standard InChI is InChI=1S/C14H14N3O2S/c1-2-3-4-8-20(18,19)12-13-6-5-7-17(11-13)14(9-15)10-16/h1,5-7,11,15H,3-4,8,12H2/q+1. The topological polar surface area (TPSA) is 85.7 Å². The molecule has 0 atom stereocenters. The van der Waals surface area contributed by atoms with Gasteiger partial charge in [0, 0.05) is 18.1 Å². The van der Waals surface area contributed by atoms with Gasteiger partial charge in [-0.15, -0.1) is 16.9 Å². The van der Waals surface area contributed by atoms with Gasteiger partial charge in [0.25, 0.3) is 0 Å². The Kier molecular flexibility index (Phi) is 5.68. The maximum absolute atomic E-state index is 11.9. The zero-order chi connectivity index (χ0) is 15.0. The average Bonchev–Trinajstić information content (AvgIpc) is 2.40. The van der Waals surface area contributed by atoms with Gasteiger partial charge in [-0.3, -0.25) is 5.41 Å². The molecule has 20 heavy (non-hydrogen) atoms. The fourth-order valence-electron chi connectivity index (χ4n) is 1.62. The second-order valence-electron chi connectivity index (χ2n) is 4.10. The van der Waals surface area contributed by atoms with E-state index in [-0.39, 0.29) is 17.2 Å². The second kappa shape index (κ2) is 7.25. The molecule has 0 fully saturated rings. The molecule has 102 valence electrons. The predicted molar refractivity (Wildman–Crippen MR) is 75.2 cm³/mol. The number of hydrogen-bond donors (Lipinski definition) is 1. The lowest BCUT2D eigenvalue weighted by atomic mass is 10.3. The van der Waals surface area contributed by atoms with E-state index in [4.69, 9.17) is 17.1 Å². The monoisotopic (exact) mass is 288 g/mol. The minimum absolute atomic E-state index is 0.00317. The first-order chi connectivity index (χ1) is 9.52. The third-order valence-corrected chi connectivity index (χ3v) is 4.19. The fourth-order valence-corrected chi connectivity index (χ4v) is 3.03. The van der Waals surface area contributed by atoms with Crippen LogP contribution in [0.15, 0.2) is 24.5 Å². The molecule has 1 N–H and O–H groups in total. The molecule has 0 spiro atoms. The van der Waals surface area contributed by atoms with Crippen molar-refractivity contribution >= 4 is 21.4 Å². The zero-order valence-corrected chi connectivity index (χ0v) is 11.7. The van der Waals surface area contributed by atoms with Crippen molar-refractivity contribution in [1.82, 2.24) is 0 Å². The van der Waals surface area contributed by atoms with Gasteiger partial charge in [-0.05, 0) is 12.5 Å². The second-order valence-corrected chi connectivity index (χ2v) is 6.29. The van der Waals surface area contributed by atoms with E-state index in [0.29, 0.717) is 18.4 Å². The van der Waals surface area contributed by atoms with Crippen LogP contribution in [0.4, 0.5) is 0 Å². The first-order valence-electron chi connectivity index (χ1n) is 5.86. The Morgan fingerprint density at radius 2 is 2.25 bits per heavy atom. The molecule has 0 radical (unpaired) electrons. The Morgan fingerprint density at radius 1 is 1.50 bits per heavy atom. The van der Waals surface area contributed by atoms with E-state index < -0.39 is 9.84 Å². The van der Waals surface area contributed by atoms with Gasteiger partial charge >= 0.3 is 5.70 Å². The van der Waals surface area contributed by atoms with E-state index in [1.807, 2.05) is 11.9 Å². The number of nitriles is 1. The Morgan fingerprint density at radius 3 is 2.85 bits per heavy atom. The molecule has 0 aliphatic carbocycles. The molecule has 0 saturated carbocycles. The first-order valence-corrected chi connectivity index (χ1v) is 7.69. The number of aromatic nitrogens is 1. The molecule has 0 amide bonds. The van der Waals surface area contributed by atoms with Gasteiger partial charge in [-0.2, -0.15) is 5.26 Å². The largest absolute Gasteiger partial charge is 0.351 e. The van der Waals surface area contributed by atoms with Crippen LogP contribution in [0, 0.1) is 29.1 Å². The SMILES string of the molecule is C#CCCCS(=O)(=O)Cc1ccc[n+](C(=C=N)C#N)c1. The lowest BCUT2D eigenvalue weighted by molar-refractivity contribution is -0.576. The molecule has 0 unspecified atom stereocenters. The van der Waals surface area contributed by atoms with Gasteiger partial charge in [-0.25, -0.2) is 8.42 Å². The molecule has 0 aliphatic heterocycles. The number of nitrogens with one attached hydrogen (secondary N) is 1. The summed E-state index contributed by atoms with van der Waals surface area (Å²) in [4.78, 5) is 0. The van der Waals surface area contributed by atoms with Gasteiger partial charge in [0.1, 0.15) is 0 Å². The van der Waals surface area contributed by atoms with Crippen LogP contribution < -0.4 is 4.57 Å². The lowest BCUT2D eigenvalue weighted by Gasteiger charge is -2.02. The lowest BCUT2D eigenvalue weighted by Crippen LogP contribution is -2.32. The first kappa shape index (κ1) is 15.7. The molecule has 0 aromatic carbocycles. The highest BCUT2D eigenvalue weighted by Gasteiger charge is 2.15. The van der Waals surface area contributed by atoms with Gasteiger partial charge in [0.2, 0.25) is 0 Å². The summed E-state index contributed by atoms with van der Waals surface area (Å²) in [5.41, 5.74) is 0.549. The number of pyridine rings is 1. The van der Waals surface area contributed by atoms with Crippen molar-refractivity contribution in [2.45, 2.75) is 18.6 Å². The molecule has 1 aromatic heterocycles. The van der Waals surface area contributed by atoms with Crippen molar-refractivity contribution in [2.24, 2.45) is 0 Å². The number of unbranched alkanes of at least 4 members (excludes halogenated alkanes) is 1. The smallest absolute Gasteiger partial charge is 0.252 e. The van der Waals surface area contributed by atoms with Crippen LogP contribution in [0.3, 0.4) is 0 Å². The Labute approximate surface area is 118 Å². The summed E-state index contributed by atoms with van der Waals surface area (Å²) in [6, 6.07) is 5.10. The Hall–Kier alpha value is -2.40. The van der Waals surface area contributed by atoms with Crippen molar-refractivity contribution in [2.75, 3.05) is 5.75 Å². The molecular formula is C14H14N3O2S+. The third-order valence-electron chi connectivity index (χ3n) is 2.51. The highest BCUT2D eigenvalue weighted by Crippen LogP contribution is 2.07. The molecule has 0 saturated heterocycles. The fraction of sp³-hybridized carbons (Fsp3) is 0.286. The molecular weight excluding hydrogens is 274 g/mol. The molecule has 1 rings (SSSR count). The van der Waals surface area contributed by atoms with Gasteiger partial charge < -0.3 is 0 Å². The number of rotatable bonds is 6. The van der Waals surface area contributed by atoms with E-state index in [1.54, 1.807) is 18.3 Å². The van der Waals surface area contributed by atoms with Crippen molar-refractivity contribution in [3.05, 3.63) is 30.1 Å². The maximum atomic E-state index is 11.9. The highest BCUT2D eigenvalue weighted by atomic mass is 32.2. The molecule has 1 heterocycles. The van der Waals surface area contributed by atoms with Crippen molar-refractivity contribution < 1.29 is 13.0 Å². The number of hydrogen-bond acceptors (Lipinski definition) is 4. The van der Waals surface area contributed by atoms with Crippen LogP contribution >= 0.6 is 0 Å². The summed E-state index contributed by atoms with van der Waals surface area (Å²) in [6.45, 7) is 0. The van der Waals surface area contributed by atoms with Crippen LogP contribution in [0.2, 0.25) is 0 Å². The van der Waals surface area contributed by atoms with Crippen LogP contribution in [0.1, 0.15) is 18.4 Å². The molecule has 1 aromatic rings. The van der Waals surface area contributed by atoms with E-state index in [0.717, 1.165) is 0 Å². The minimum atomic E-state index is -3.23. The molecule has 5 nitrogen and oxygen atoms in total. The average molecular weight is 288 g/mol. The van der Waals surface area contributed by atoms with E-state index >= 15 is 0 Å². The quantitative estimate of drug-likeness (QED) is 0.277. The van der Waals surface area contributed by atoms with Crippen molar-refractivity contribution in [1.29, 1.82) is 10.7 Å². The van der Waals surface area contributed by atoms with Crippen LogP contribution in [0.25, 0.3) is 5.70 Å². The Bertz CT molecular complexity index is 718. The number of nitrogens with zero attached hydrogens (tertiary/aromatic N) is 2.